The second-order valence-corrected chi connectivity index (χ2v) is 7.12. The fourth-order valence-electron chi connectivity index (χ4n) is 3.57. The highest BCUT2D eigenvalue weighted by molar-refractivity contribution is 7.99. The molecule has 118 valence electrons. The predicted molar refractivity (Wildman–Crippen MR) is 88.9 cm³/mol. The van der Waals surface area contributed by atoms with Crippen LogP contribution in [0, 0.1) is 0 Å². The molecule has 4 nitrogen and oxygen atoms in total. The fraction of sp³-hybridized carbons (Fsp3) is 0.529. The van der Waals surface area contributed by atoms with Crippen molar-refractivity contribution in [3.05, 3.63) is 35.9 Å². The molecule has 22 heavy (non-hydrogen) atoms. The summed E-state index contributed by atoms with van der Waals surface area (Å²) in [5.74, 6) is 0.849. The van der Waals surface area contributed by atoms with Crippen molar-refractivity contribution in [2.24, 2.45) is 0 Å². The topological polar surface area (TPSA) is 49.4 Å². The molecule has 2 aliphatic heterocycles. The van der Waals surface area contributed by atoms with Gasteiger partial charge in [-0.05, 0) is 31.1 Å². The van der Waals surface area contributed by atoms with E-state index >= 15 is 0 Å². The average Bonchev–Trinajstić information content (AvgIpc) is 2.85. The summed E-state index contributed by atoms with van der Waals surface area (Å²) in [5, 5.41) is 3.23. The van der Waals surface area contributed by atoms with Crippen molar-refractivity contribution in [2.75, 3.05) is 25.1 Å². The molecule has 2 heterocycles. The summed E-state index contributed by atoms with van der Waals surface area (Å²) in [5.41, 5.74) is 0.978. The summed E-state index contributed by atoms with van der Waals surface area (Å²) < 4.78 is 0. The molecule has 5 heteroatoms. The molecular formula is C17H22N2O2S. The van der Waals surface area contributed by atoms with E-state index in [-0.39, 0.29) is 23.3 Å². The van der Waals surface area contributed by atoms with Gasteiger partial charge >= 0.3 is 0 Å². The molecule has 2 saturated heterocycles. The Morgan fingerprint density at radius 1 is 1.32 bits per heavy atom. The first-order valence-corrected chi connectivity index (χ1v) is 9.17. The lowest BCUT2D eigenvalue weighted by Crippen LogP contribution is -2.52. The Balaban J connectivity index is 1.65. The minimum atomic E-state index is -0.117. The zero-order valence-corrected chi connectivity index (χ0v) is 13.7. The maximum Gasteiger partial charge on any atom is 0.232 e. The number of thioether (sulfide) groups is 1. The van der Waals surface area contributed by atoms with E-state index in [1.165, 1.54) is 0 Å². The van der Waals surface area contributed by atoms with Gasteiger partial charge in [0.2, 0.25) is 11.8 Å². The monoisotopic (exact) mass is 318 g/mol. The van der Waals surface area contributed by atoms with Gasteiger partial charge in [-0.25, -0.2) is 0 Å². The van der Waals surface area contributed by atoms with E-state index < -0.39 is 0 Å². The van der Waals surface area contributed by atoms with E-state index in [4.69, 9.17) is 0 Å². The van der Waals surface area contributed by atoms with Crippen molar-refractivity contribution in [1.29, 1.82) is 0 Å². The second-order valence-electron chi connectivity index (χ2n) is 6.25. The van der Waals surface area contributed by atoms with E-state index in [2.05, 4.69) is 5.32 Å². The lowest BCUT2D eigenvalue weighted by Gasteiger charge is -2.39. The van der Waals surface area contributed by atoms with Crippen molar-refractivity contribution in [2.45, 2.75) is 30.7 Å². The zero-order valence-electron chi connectivity index (χ0n) is 12.9. The van der Waals surface area contributed by atoms with Crippen LogP contribution < -0.4 is 5.32 Å². The number of piperidine rings is 1. The smallest absolute Gasteiger partial charge is 0.232 e. The summed E-state index contributed by atoms with van der Waals surface area (Å²) in [6.07, 6.45) is 4.52. The fourth-order valence-corrected chi connectivity index (χ4v) is 4.00. The molecule has 2 aliphatic rings. The number of amides is 2. The van der Waals surface area contributed by atoms with E-state index in [9.17, 15) is 9.59 Å². The Morgan fingerprint density at radius 2 is 2.00 bits per heavy atom. The standard InChI is InChI=1S/C17H22N2O2S/c1-22-12-15(20)19-9-7-17(8-10-19)11-14(16(21)18-17)13-5-3-2-4-6-13/h2-6,14H,7-12H2,1H3,(H,18,21)/t14-/m1/s1. The number of hydrogen-bond acceptors (Lipinski definition) is 3. The molecule has 0 aromatic heterocycles. The zero-order chi connectivity index (χ0) is 15.6. The van der Waals surface area contributed by atoms with E-state index in [0.717, 1.165) is 37.9 Å². The minimum absolute atomic E-state index is 0.0466. The average molecular weight is 318 g/mol. The predicted octanol–water partition coefficient (Wildman–Crippen LogP) is 2.01. The first kappa shape index (κ1) is 15.4. The highest BCUT2D eigenvalue weighted by Crippen LogP contribution is 2.39. The van der Waals surface area contributed by atoms with Gasteiger partial charge in [0.25, 0.3) is 0 Å². The molecule has 1 aromatic rings. The van der Waals surface area contributed by atoms with Gasteiger partial charge in [0.15, 0.2) is 0 Å². The molecular weight excluding hydrogens is 296 g/mol. The van der Waals surface area contributed by atoms with Crippen molar-refractivity contribution in [1.82, 2.24) is 10.2 Å². The van der Waals surface area contributed by atoms with Gasteiger partial charge in [0.05, 0.1) is 11.7 Å². The molecule has 1 N–H and O–H groups in total. The molecule has 0 radical (unpaired) electrons. The molecule has 1 atom stereocenters. The van der Waals surface area contributed by atoms with Crippen molar-refractivity contribution in [3.63, 3.8) is 0 Å². The van der Waals surface area contributed by atoms with Crippen LogP contribution in [0.4, 0.5) is 0 Å². The Bertz CT molecular complexity index is 553. The van der Waals surface area contributed by atoms with Crippen LogP contribution in [-0.4, -0.2) is 47.4 Å². The highest BCUT2D eigenvalue weighted by Gasteiger charge is 2.46. The first-order chi connectivity index (χ1) is 10.6. The van der Waals surface area contributed by atoms with Gasteiger partial charge in [-0.3, -0.25) is 9.59 Å². The van der Waals surface area contributed by atoms with Crippen LogP contribution in [0.15, 0.2) is 30.3 Å². The lowest BCUT2D eigenvalue weighted by atomic mass is 9.82. The summed E-state index contributed by atoms with van der Waals surface area (Å²) in [4.78, 5) is 26.3. The van der Waals surface area contributed by atoms with E-state index in [0.29, 0.717) is 5.75 Å². The van der Waals surface area contributed by atoms with Gasteiger partial charge in [-0.15, -0.1) is 0 Å². The maximum atomic E-state index is 12.4. The van der Waals surface area contributed by atoms with Crippen LogP contribution in [0.1, 0.15) is 30.7 Å². The number of nitrogens with one attached hydrogen (secondary N) is 1. The molecule has 0 aliphatic carbocycles. The second kappa shape index (κ2) is 6.32. The van der Waals surface area contributed by atoms with Gasteiger partial charge < -0.3 is 10.2 Å². The molecule has 1 aromatic carbocycles. The molecule has 3 rings (SSSR count). The summed E-state index contributed by atoms with van der Waals surface area (Å²) >= 11 is 1.56. The largest absolute Gasteiger partial charge is 0.350 e. The Kier molecular flexibility index (Phi) is 4.43. The SMILES string of the molecule is CSCC(=O)N1CCC2(CC1)C[C@H](c1ccccc1)C(=O)N2. The third-order valence-corrected chi connectivity index (χ3v) is 5.38. The molecule has 1 spiro atoms. The maximum absolute atomic E-state index is 12.4. The van der Waals surface area contributed by atoms with E-state index in [1.54, 1.807) is 11.8 Å². The number of carbonyl (C=O) groups is 2. The quantitative estimate of drug-likeness (QED) is 0.927. The number of benzene rings is 1. The lowest BCUT2D eigenvalue weighted by molar-refractivity contribution is -0.130. The third kappa shape index (κ3) is 3.00. The van der Waals surface area contributed by atoms with Gasteiger partial charge in [0.1, 0.15) is 0 Å². The van der Waals surface area contributed by atoms with Crippen LogP contribution in [-0.2, 0) is 9.59 Å². The normalized spacial score (nSPS) is 23.6. The molecule has 2 fully saturated rings. The number of hydrogen-bond donors (Lipinski definition) is 1. The third-order valence-electron chi connectivity index (χ3n) is 4.84. The molecule has 2 amide bonds. The number of nitrogens with zero attached hydrogens (tertiary/aromatic N) is 1. The van der Waals surface area contributed by atoms with Crippen molar-refractivity contribution >= 4 is 23.6 Å². The Hall–Kier alpha value is -1.49. The van der Waals surface area contributed by atoms with Crippen LogP contribution in [0.25, 0.3) is 0 Å². The summed E-state index contributed by atoms with van der Waals surface area (Å²) in [7, 11) is 0. The van der Waals surface area contributed by atoms with Gasteiger partial charge in [0, 0.05) is 18.6 Å². The van der Waals surface area contributed by atoms with E-state index in [1.807, 2.05) is 41.5 Å². The van der Waals surface area contributed by atoms with Crippen molar-refractivity contribution in [3.8, 4) is 0 Å². The molecule has 0 bridgehead atoms. The molecule has 0 unspecified atom stereocenters. The van der Waals surface area contributed by atoms with Gasteiger partial charge in [-0.2, -0.15) is 11.8 Å². The summed E-state index contributed by atoms with van der Waals surface area (Å²) in [6.45, 7) is 1.50. The van der Waals surface area contributed by atoms with Crippen LogP contribution >= 0.6 is 11.8 Å². The Labute approximate surface area is 135 Å². The number of likely N-dealkylation sites (tertiary alicyclic amines) is 1. The van der Waals surface area contributed by atoms with Crippen LogP contribution in [0.5, 0.6) is 0 Å². The molecule has 0 saturated carbocycles. The Morgan fingerprint density at radius 3 is 2.64 bits per heavy atom. The van der Waals surface area contributed by atoms with Crippen LogP contribution in [0.3, 0.4) is 0 Å². The van der Waals surface area contributed by atoms with Gasteiger partial charge in [-0.1, -0.05) is 30.3 Å². The highest BCUT2D eigenvalue weighted by atomic mass is 32.2. The summed E-state index contributed by atoms with van der Waals surface area (Å²) in [6, 6.07) is 10.00. The van der Waals surface area contributed by atoms with Crippen molar-refractivity contribution < 1.29 is 9.59 Å². The minimum Gasteiger partial charge on any atom is -0.350 e. The first-order valence-electron chi connectivity index (χ1n) is 7.77. The van der Waals surface area contributed by atoms with Crippen LogP contribution in [0.2, 0.25) is 0 Å². The number of rotatable bonds is 3. The number of carbonyl (C=O) groups excluding carboxylic acids is 2.